The number of aliphatic hydroxyl groups is 1. The van der Waals surface area contributed by atoms with Crippen LogP contribution in [0.4, 0.5) is 5.95 Å². The third-order valence-corrected chi connectivity index (χ3v) is 3.38. The summed E-state index contributed by atoms with van der Waals surface area (Å²) in [6.07, 6.45) is 3.24. The smallest absolute Gasteiger partial charge is 0.243 e. The van der Waals surface area contributed by atoms with Gasteiger partial charge in [0.1, 0.15) is 0 Å². The van der Waals surface area contributed by atoms with Gasteiger partial charge in [-0.1, -0.05) is 0 Å². The van der Waals surface area contributed by atoms with Gasteiger partial charge < -0.3 is 10.4 Å². The van der Waals surface area contributed by atoms with Crippen LogP contribution in [0.5, 0.6) is 0 Å². The summed E-state index contributed by atoms with van der Waals surface area (Å²) in [5.41, 5.74) is 0.796. The average Bonchev–Trinajstić information content (AvgIpc) is 2.60. The average molecular weight is 283 g/mol. The molecule has 1 aliphatic carbocycles. The van der Waals surface area contributed by atoms with Crippen molar-refractivity contribution in [3.8, 4) is 0 Å². The lowest BCUT2D eigenvalue weighted by Crippen LogP contribution is -2.39. The molecule has 0 bridgehead atoms. The molecule has 84 valence electrons. The van der Waals surface area contributed by atoms with Gasteiger partial charge in [0.05, 0.1) is 10.6 Å². The summed E-state index contributed by atoms with van der Waals surface area (Å²) in [7, 11) is 0. The van der Waals surface area contributed by atoms with E-state index in [0.29, 0.717) is 12.0 Å². The first-order valence-corrected chi connectivity index (χ1v) is 5.97. The first-order valence-electron chi connectivity index (χ1n) is 5.18. The first kappa shape index (κ1) is 10.0. The molecule has 2 aromatic rings. The SMILES string of the molecule is OC1CC(Nc2nc3c(Br)cccn3n2)C1. The van der Waals surface area contributed by atoms with Crippen LogP contribution < -0.4 is 5.32 Å². The summed E-state index contributed by atoms with van der Waals surface area (Å²) < 4.78 is 2.64. The molecule has 2 N–H and O–H groups in total. The fourth-order valence-corrected chi connectivity index (χ4v) is 2.25. The zero-order chi connectivity index (χ0) is 11.1. The molecule has 0 saturated heterocycles. The highest BCUT2D eigenvalue weighted by molar-refractivity contribution is 9.10. The van der Waals surface area contributed by atoms with Crippen molar-refractivity contribution >= 4 is 27.5 Å². The highest BCUT2D eigenvalue weighted by Gasteiger charge is 2.27. The summed E-state index contributed by atoms with van der Waals surface area (Å²) in [6, 6.07) is 4.13. The van der Waals surface area contributed by atoms with Crippen LogP contribution in [0.2, 0.25) is 0 Å². The monoisotopic (exact) mass is 282 g/mol. The van der Waals surface area contributed by atoms with Crippen LogP contribution in [0.3, 0.4) is 0 Å². The summed E-state index contributed by atoms with van der Waals surface area (Å²) in [5.74, 6) is 0.615. The molecule has 1 aliphatic rings. The summed E-state index contributed by atoms with van der Waals surface area (Å²) in [5, 5.41) is 16.7. The van der Waals surface area contributed by atoms with Crippen LogP contribution in [0.15, 0.2) is 22.8 Å². The van der Waals surface area contributed by atoms with Crippen molar-refractivity contribution in [1.82, 2.24) is 14.6 Å². The van der Waals surface area contributed by atoms with Crippen molar-refractivity contribution in [2.24, 2.45) is 0 Å². The van der Waals surface area contributed by atoms with Crippen molar-refractivity contribution < 1.29 is 5.11 Å². The van der Waals surface area contributed by atoms with Crippen LogP contribution >= 0.6 is 15.9 Å². The van der Waals surface area contributed by atoms with E-state index in [0.717, 1.165) is 23.0 Å². The number of hydrogen-bond donors (Lipinski definition) is 2. The van der Waals surface area contributed by atoms with E-state index < -0.39 is 0 Å². The number of aliphatic hydroxyl groups excluding tert-OH is 1. The topological polar surface area (TPSA) is 62.5 Å². The minimum atomic E-state index is -0.165. The Morgan fingerprint density at radius 3 is 3.00 bits per heavy atom. The van der Waals surface area contributed by atoms with Gasteiger partial charge in [-0.25, -0.2) is 4.52 Å². The number of rotatable bonds is 2. The highest BCUT2D eigenvalue weighted by atomic mass is 79.9. The molecule has 5 nitrogen and oxygen atoms in total. The molecule has 0 atom stereocenters. The van der Waals surface area contributed by atoms with Crippen LogP contribution in [0, 0.1) is 0 Å². The minimum absolute atomic E-state index is 0.165. The number of hydrogen-bond acceptors (Lipinski definition) is 4. The number of fused-ring (bicyclic) bond motifs is 1. The largest absolute Gasteiger partial charge is 0.393 e. The second-order valence-electron chi connectivity index (χ2n) is 4.03. The fraction of sp³-hybridized carbons (Fsp3) is 0.400. The van der Waals surface area contributed by atoms with E-state index in [-0.39, 0.29) is 6.10 Å². The van der Waals surface area contributed by atoms with Crippen LogP contribution in [-0.2, 0) is 0 Å². The molecule has 6 heteroatoms. The van der Waals surface area contributed by atoms with Gasteiger partial charge in [0.2, 0.25) is 5.95 Å². The second kappa shape index (κ2) is 3.71. The van der Waals surface area contributed by atoms with E-state index in [1.807, 2.05) is 18.3 Å². The van der Waals surface area contributed by atoms with Gasteiger partial charge in [0.25, 0.3) is 0 Å². The summed E-state index contributed by atoms with van der Waals surface area (Å²) in [6.45, 7) is 0. The lowest BCUT2D eigenvalue weighted by atomic mass is 9.90. The lowest BCUT2D eigenvalue weighted by molar-refractivity contribution is 0.0834. The maximum atomic E-state index is 9.19. The van der Waals surface area contributed by atoms with Crippen molar-refractivity contribution in [3.05, 3.63) is 22.8 Å². The normalized spacial score (nSPS) is 24.4. The van der Waals surface area contributed by atoms with Crippen LogP contribution in [-0.4, -0.2) is 31.9 Å². The van der Waals surface area contributed by atoms with Crippen molar-refractivity contribution in [3.63, 3.8) is 0 Å². The molecule has 1 saturated carbocycles. The Labute approximate surface area is 101 Å². The molecule has 16 heavy (non-hydrogen) atoms. The fourth-order valence-electron chi connectivity index (χ4n) is 1.82. The third-order valence-electron chi connectivity index (χ3n) is 2.76. The van der Waals surface area contributed by atoms with E-state index in [2.05, 4.69) is 31.3 Å². The molecule has 3 rings (SSSR count). The quantitative estimate of drug-likeness (QED) is 0.875. The highest BCUT2D eigenvalue weighted by Crippen LogP contribution is 2.23. The van der Waals surface area contributed by atoms with Gasteiger partial charge in [-0.05, 0) is 40.9 Å². The van der Waals surface area contributed by atoms with Gasteiger partial charge >= 0.3 is 0 Å². The second-order valence-corrected chi connectivity index (χ2v) is 4.88. The molecule has 0 amide bonds. The molecule has 2 heterocycles. The first-order chi connectivity index (χ1) is 7.72. The number of anilines is 1. The predicted octanol–water partition coefficient (Wildman–Crippen LogP) is 1.43. The van der Waals surface area contributed by atoms with Gasteiger partial charge in [-0.3, -0.25) is 0 Å². The van der Waals surface area contributed by atoms with E-state index in [1.165, 1.54) is 0 Å². The van der Waals surface area contributed by atoms with Gasteiger partial charge in [-0.2, -0.15) is 4.98 Å². The zero-order valence-corrected chi connectivity index (χ0v) is 10.1. The van der Waals surface area contributed by atoms with E-state index in [4.69, 9.17) is 0 Å². The van der Waals surface area contributed by atoms with E-state index in [9.17, 15) is 5.11 Å². The number of aromatic nitrogens is 3. The maximum absolute atomic E-state index is 9.19. The van der Waals surface area contributed by atoms with Gasteiger partial charge in [0.15, 0.2) is 5.65 Å². The molecule has 0 aromatic carbocycles. The standard InChI is InChI=1S/C10H11BrN4O/c11-8-2-1-3-15-9(8)13-10(14-15)12-6-4-7(16)5-6/h1-3,6-7,16H,4-5H2,(H,12,14). The van der Waals surface area contributed by atoms with Crippen LogP contribution in [0.25, 0.3) is 5.65 Å². The van der Waals surface area contributed by atoms with Crippen LogP contribution in [0.1, 0.15) is 12.8 Å². The molecule has 1 fully saturated rings. The Kier molecular flexibility index (Phi) is 2.33. The summed E-state index contributed by atoms with van der Waals surface area (Å²) in [4.78, 5) is 4.37. The Bertz CT molecular complexity index is 521. The van der Waals surface area contributed by atoms with Crippen molar-refractivity contribution in [2.45, 2.75) is 25.0 Å². The summed E-state index contributed by atoms with van der Waals surface area (Å²) >= 11 is 3.43. The van der Waals surface area contributed by atoms with Gasteiger partial charge in [-0.15, -0.1) is 5.10 Å². The van der Waals surface area contributed by atoms with E-state index in [1.54, 1.807) is 4.52 Å². The van der Waals surface area contributed by atoms with Gasteiger partial charge in [0, 0.05) is 12.2 Å². The lowest BCUT2D eigenvalue weighted by Gasteiger charge is -2.31. The molecule has 0 spiro atoms. The zero-order valence-electron chi connectivity index (χ0n) is 8.47. The third kappa shape index (κ3) is 1.68. The Morgan fingerprint density at radius 1 is 1.50 bits per heavy atom. The van der Waals surface area contributed by atoms with Crippen molar-refractivity contribution in [1.29, 1.82) is 0 Å². The Hall–Kier alpha value is -1.14. The minimum Gasteiger partial charge on any atom is -0.393 e. The maximum Gasteiger partial charge on any atom is 0.243 e. The number of halogens is 1. The molecule has 0 aliphatic heterocycles. The molecular weight excluding hydrogens is 272 g/mol. The molecule has 0 unspecified atom stereocenters. The predicted molar refractivity (Wildman–Crippen MR) is 63.3 cm³/mol. The molecule has 2 aromatic heterocycles. The number of nitrogens with one attached hydrogen (secondary N) is 1. The van der Waals surface area contributed by atoms with Crippen molar-refractivity contribution in [2.75, 3.05) is 5.32 Å². The molecular formula is C10H11BrN4O. The molecule has 0 radical (unpaired) electrons. The Morgan fingerprint density at radius 2 is 2.31 bits per heavy atom. The number of pyridine rings is 1. The van der Waals surface area contributed by atoms with E-state index >= 15 is 0 Å². The Balaban J connectivity index is 1.85. The number of nitrogens with zero attached hydrogens (tertiary/aromatic N) is 3.